The van der Waals surface area contributed by atoms with Gasteiger partial charge in [0.2, 0.25) is 0 Å². The second-order valence-corrected chi connectivity index (χ2v) is 8.08. The van der Waals surface area contributed by atoms with Crippen LogP contribution in [0.4, 0.5) is 4.39 Å². The highest BCUT2D eigenvalue weighted by Crippen LogP contribution is 2.33. The van der Waals surface area contributed by atoms with Gasteiger partial charge in [-0.1, -0.05) is 17.7 Å². The molecule has 3 rings (SSSR count). The third-order valence-corrected chi connectivity index (χ3v) is 5.02. The Bertz CT molecular complexity index is 1050. The fourth-order valence-corrected chi connectivity index (χ4v) is 3.35. The summed E-state index contributed by atoms with van der Waals surface area (Å²) in [6.45, 7) is 1.87. The maximum absolute atomic E-state index is 14.3. The van der Waals surface area contributed by atoms with Crippen LogP contribution in [-0.2, 0) is 9.84 Å². The number of aromatic nitrogens is 2. The van der Waals surface area contributed by atoms with E-state index in [1.54, 1.807) is 12.3 Å². The molecule has 7 heteroatoms. The van der Waals surface area contributed by atoms with Crippen molar-refractivity contribution in [1.29, 1.82) is 0 Å². The van der Waals surface area contributed by atoms with Gasteiger partial charge in [-0.3, -0.25) is 9.97 Å². The van der Waals surface area contributed by atoms with Gasteiger partial charge >= 0.3 is 0 Å². The van der Waals surface area contributed by atoms with E-state index in [9.17, 15) is 12.8 Å². The topological polar surface area (TPSA) is 59.9 Å². The summed E-state index contributed by atoms with van der Waals surface area (Å²) in [6, 6.07) is 9.34. The average molecular weight is 377 g/mol. The summed E-state index contributed by atoms with van der Waals surface area (Å²) in [5, 5.41) is 0.395. The van der Waals surface area contributed by atoms with Crippen molar-refractivity contribution in [2.75, 3.05) is 6.26 Å². The van der Waals surface area contributed by atoms with E-state index in [-0.39, 0.29) is 4.90 Å². The molecule has 0 saturated heterocycles. The Morgan fingerprint density at radius 2 is 1.72 bits per heavy atom. The van der Waals surface area contributed by atoms with E-state index in [1.807, 2.05) is 19.1 Å². The normalized spacial score (nSPS) is 11.5. The number of hydrogen-bond donors (Lipinski definition) is 0. The van der Waals surface area contributed by atoms with Crippen molar-refractivity contribution in [2.24, 2.45) is 0 Å². The van der Waals surface area contributed by atoms with Gasteiger partial charge in [0.1, 0.15) is 10.7 Å². The van der Waals surface area contributed by atoms with Gasteiger partial charge in [-0.15, -0.1) is 0 Å². The minimum Gasteiger partial charge on any atom is -0.261 e. The fraction of sp³-hybridized carbons (Fsp3) is 0.111. The number of rotatable bonds is 3. The highest BCUT2D eigenvalue weighted by atomic mass is 35.5. The zero-order valence-corrected chi connectivity index (χ0v) is 15.1. The Morgan fingerprint density at radius 1 is 1.00 bits per heavy atom. The van der Waals surface area contributed by atoms with Crippen LogP contribution in [0, 0.1) is 12.7 Å². The number of hydrogen-bond acceptors (Lipinski definition) is 4. The van der Waals surface area contributed by atoms with Crippen molar-refractivity contribution in [2.45, 2.75) is 11.8 Å². The van der Waals surface area contributed by atoms with Gasteiger partial charge in [-0.05, 0) is 42.8 Å². The third-order valence-electron chi connectivity index (χ3n) is 3.68. The van der Waals surface area contributed by atoms with Gasteiger partial charge in [0.25, 0.3) is 0 Å². The van der Waals surface area contributed by atoms with E-state index >= 15 is 0 Å². The molecule has 0 bridgehead atoms. The Hall–Kier alpha value is -2.31. The predicted molar refractivity (Wildman–Crippen MR) is 95.7 cm³/mol. The van der Waals surface area contributed by atoms with Crippen molar-refractivity contribution in [3.63, 3.8) is 0 Å². The maximum Gasteiger partial charge on any atom is 0.178 e. The predicted octanol–water partition coefficient (Wildman–Crippen LogP) is 4.32. The van der Waals surface area contributed by atoms with Crippen LogP contribution < -0.4 is 0 Å². The van der Waals surface area contributed by atoms with E-state index in [0.717, 1.165) is 17.5 Å². The average Bonchev–Trinajstić information content (AvgIpc) is 2.54. The molecular weight excluding hydrogens is 363 g/mol. The van der Waals surface area contributed by atoms with Crippen molar-refractivity contribution in [3.05, 3.63) is 65.3 Å². The van der Waals surface area contributed by atoms with Crippen LogP contribution in [0.15, 0.2) is 53.7 Å². The first-order valence-corrected chi connectivity index (χ1v) is 9.61. The van der Waals surface area contributed by atoms with Gasteiger partial charge in [-0.25, -0.2) is 12.8 Å². The molecule has 0 radical (unpaired) electrons. The standard InChI is InChI=1S/C18H14ClFN2O2S/c1-11-3-4-13(9-21-11)18-15(8-14(19)10-22-18)12-5-6-17(16(20)7-12)25(2,23)24/h3-10H,1-2H3. The summed E-state index contributed by atoms with van der Waals surface area (Å²) in [4.78, 5) is 8.25. The number of sulfone groups is 1. The highest BCUT2D eigenvalue weighted by molar-refractivity contribution is 7.90. The third kappa shape index (κ3) is 3.70. The number of pyridine rings is 2. The molecule has 0 aliphatic heterocycles. The lowest BCUT2D eigenvalue weighted by Crippen LogP contribution is -2.01. The molecule has 25 heavy (non-hydrogen) atoms. The van der Waals surface area contributed by atoms with E-state index < -0.39 is 15.7 Å². The molecule has 0 amide bonds. The SMILES string of the molecule is Cc1ccc(-c2ncc(Cl)cc2-c2ccc(S(C)(=O)=O)c(F)c2)cn1. The van der Waals surface area contributed by atoms with Gasteiger partial charge in [0.05, 0.1) is 10.7 Å². The Morgan fingerprint density at radius 3 is 2.32 bits per heavy atom. The minimum atomic E-state index is -3.63. The Balaban J connectivity index is 2.19. The van der Waals surface area contributed by atoms with Gasteiger partial charge in [0.15, 0.2) is 9.84 Å². The quantitative estimate of drug-likeness (QED) is 0.683. The van der Waals surface area contributed by atoms with Crippen LogP contribution in [-0.4, -0.2) is 24.6 Å². The van der Waals surface area contributed by atoms with Crippen molar-refractivity contribution >= 4 is 21.4 Å². The lowest BCUT2D eigenvalue weighted by molar-refractivity contribution is 0.571. The molecule has 0 aliphatic carbocycles. The monoisotopic (exact) mass is 376 g/mol. The smallest absolute Gasteiger partial charge is 0.178 e. The molecule has 0 atom stereocenters. The molecule has 0 N–H and O–H groups in total. The molecule has 1 aromatic carbocycles. The van der Waals surface area contributed by atoms with E-state index in [4.69, 9.17) is 11.6 Å². The molecule has 2 aromatic heterocycles. The number of benzene rings is 1. The minimum absolute atomic E-state index is 0.343. The molecular formula is C18H14ClFN2O2S. The van der Waals surface area contributed by atoms with E-state index in [1.165, 1.54) is 24.4 Å². The second kappa shape index (κ2) is 6.54. The largest absolute Gasteiger partial charge is 0.261 e. The molecule has 0 fully saturated rings. The molecule has 0 aliphatic rings. The Kier molecular flexibility index (Phi) is 4.58. The zero-order valence-electron chi connectivity index (χ0n) is 13.5. The van der Waals surface area contributed by atoms with Gasteiger partial charge < -0.3 is 0 Å². The highest BCUT2D eigenvalue weighted by Gasteiger charge is 2.17. The zero-order chi connectivity index (χ0) is 18.2. The van der Waals surface area contributed by atoms with Crippen LogP contribution in [0.2, 0.25) is 5.02 Å². The van der Waals surface area contributed by atoms with Gasteiger partial charge in [0, 0.05) is 35.5 Å². The summed E-state index contributed by atoms with van der Waals surface area (Å²) in [5.41, 5.74) is 3.28. The fourth-order valence-electron chi connectivity index (χ4n) is 2.47. The van der Waals surface area contributed by atoms with Crippen LogP contribution in [0.25, 0.3) is 22.4 Å². The number of halogens is 2. The summed E-state index contributed by atoms with van der Waals surface area (Å²) in [5.74, 6) is -0.812. The first kappa shape index (κ1) is 17.5. The number of aryl methyl sites for hydroxylation is 1. The van der Waals surface area contributed by atoms with Crippen LogP contribution >= 0.6 is 11.6 Å². The molecule has 0 spiro atoms. The lowest BCUT2D eigenvalue weighted by Gasteiger charge is -2.11. The van der Waals surface area contributed by atoms with Crippen molar-refractivity contribution in [1.82, 2.24) is 9.97 Å². The van der Waals surface area contributed by atoms with Crippen molar-refractivity contribution < 1.29 is 12.8 Å². The molecule has 4 nitrogen and oxygen atoms in total. The van der Waals surface area contributed by atoms with Gasteiger partial charge in [-0.2, -0.15) is 0 Å². The molecule has 0 unspecified atom stereocenters. The van der Waals surface area contributed by atoms with Crippen LogP contribution in [0.3, 0.4) is 0 Å². The van der Waals surface area contributed by atoms with Crippen molar-refractivity contribution in [3.8, 4) is 22.4 Å². The second-order valence-electron chi connectivity index (χ2n) is 5.66. The lowest BCUT2D eigenvalue weighted by atomic mass is 10.00. The summed E-state index contributed by atoms with van der Waals surface area (Å²) >= 11 is 6.06. The first-order valence-electron chi connectivity index (χ1n) is 7.34. The molecule has 0 saturated carbocycles. The van der Waals surface area contributed by atoms with E-state index in [0.29, 0.717) is 21.8 Å². The van der Waals surface area contributed by atoms with Crippen LogP contribution in [0.5, 0.6) is 0 Å². The first-order chi connectivity index (χ1) is 11.8. The summed E-state index contributed by atoms with van der Waals surface area (Å²) in [7, 11) is -3.63. The number of nitrogens with zero attached hydrogens (tertiary/aromatic N) is 2. The molecule has 3 aromatic rings. The summed E-state index contributed by atoms with van der Waals surface area (Å²) in [6.07, 6.45) is 4.15. The summed E-state index contributed by atoms with van der Waals surface area (Å²) < 4.78 is 37.5. The Labute approximate surface area is 150 Å². The van der Waals surface area contributed by atoms with E-state index in [2.05, 4.69) is 9.97 Å². The maximum atomic E-state index is 14.3. The van der Waals surface area contributed by atoms with Crippen LogP contribution in [0.1, 0.15) is 5.69 Å². The molecule has 2 heterocycles. The molecule has 128 valence electrons.